The third-order valence-electron chi connectivity index (χ3n) is 4.20. The number of β-lactam (4-membered cyclic amide) rings is 1. The molecule has 0 aliphatic carbocycles. The van der Waals surface area contributed by atoms with Gasteiger partial charge in [-0.05, 0) is 38.0 Å². The van der Waals surface area contributed by atoms with E-state index < -0.39 is 0 Å². The van der Waals surface area contributed by atoms with Crippen molar-refractivity contribution >= 4 is 11.6 Å². The molecule has 1 amide bonds. The Labute approximate surface area is 120 Å². The predicted octanol–water partition coefficient (Wildman–Crippen LogP) is 4.11. The predicted molar refractivity (Wildman–Crippen MR) is 81.6 cm³/mol. The van der Waals surface area contributed by atoms with Gasteiger partial charge < -0.3 is 4.90 Å². The van der Waals surface area contributed by atoms with Crippen LogP contribution < -0.4 is 4.90 Å². The van der Waals surface area contributed by atoms with Gasteiger partial charge in [-0.3, -0.25) is 4.79 Å². The summed E-state index contributed by atoms with van der Waals surface area (Å²) in [5, 5.41) is 0. The largest absolute Gasteiger partial charge is 0.303 e. The van der Waals surface area contributed by atoms with Crippen LogP contribution in [-0.2, 0) is 4.79 Å². The van der Waals surface area contributed by atoms with Crippen molar-refractivity contribution in [1.29, 1.82) is 0 Å². The van der Waals surface area contributed by atoms with Gasteiger partial charge in [0.05, 0.1) is 11.5 Å². The van der Waals surface area contributed by atoms with E-state index in [0.717, 1.165) is 11.3 Å². The summed E-state index contributed by atoms with van der Waals surface area (Å²) in [4.78, 5) is 14.5. The fourth-order valence-electron chi connectivity index (χ4n) is 3.08. The minimum Gasteiger partial charge on any atom is -0.303 e. The van der Waals surface area contributed by atoms with Gasteiger partial charge in [0.1, 0.15) is 0 Å². The lowest BCUT2D eigenvalue weighted by atomic mass is 9.70. The summed E-state index contributed by atoms with van der Waals surface area (Å²) in [7, 11) is 0. The van der Waals surface area contributed by atoms with Gasteiger partial charge in [-0.1, -0.05) is 48.5 Å². The molecule has 1 saturated heterocycles. The van der Waals surface area contributed by atoms with Crippen LogP contribution in [0.25, 0.3) is 0 Å². The number of benzene rings is 2. The molecule has 1 atom stereocenters. The SMILES string of the molecule is Cc1ccccc1N1C(=O)C(C)(C)C1c1ccccc1. The first kappa shape index (κ1) is 12.9. The highest BCUT2D eigenvalue weighted by Crippen LogP contribution is 2.52. The average molecular weight is 265 g/mol. The van der Waals surface area contributed by atoms with Crippen LogP contribution in [0.15, 0.2) is 54.6 Å². The summed E-state index contributed by atoms with van der Waals surface area (Å²) >= 11 is 0. The number of rotatable bonds is 2. The van der Waals surface area contributed by atoms with E-state index in [1.807, 2.05) is 55.1 Å². The minimum absolute atomic E-state index is 0.109. The molecule has 0 spiro atoms. The molecule has 1 unspecified atom stereocenters. The Hall–Kier alpha value is -2.09. The molecule has 2 aromatic carbocycles. The Morgan fingerprint density at radius 1 is 0.950 bits per heavy atom. The summed E-state index contributed by atoms with van der Waals surface area (Å²) in [6.07, 6.45) is 0. The quantitative estimate of drug-likeness (QED) is 0.748. The second-order valence-electron chi connectivity index (χ2n) is 6.00. The Kier molecular flexibility index (Phi) is 2.89. The standard InChI is InChI=1S/C18H19NO/c1-13-9-7-8-12-15(13)19-16(18(2,3)17(19)20)14-10-5-4-6-11-14/h4-12,16H,1-3H3. The van der Waals surface area contributed by atoms with Crippen molar-refractivity contribution in [3.63, 3.8) is 0 Å². The summed E-state index contributed by atoms with van der Waals surface area (Å²) in [5.41, 5.74) is 3.01. The molecule has 0 saturated carbocycles. The van der Waals surface area contributed by atoms with Gasteiger partial charge >= 0.3 is 0 Å². The second-order valence-corrected chi connectivity index (χ2v) is 6.00. The first-order chi connectivity index (χ1) is 9.53. The van der Waals surface area contributed by atoms with E-state index in [0.29, 0.717) is 0 Å². The molecule has 2 aromatic rings. The van der Waals surface area contributed by atoms with Gasteiger partial charge in [0.2, 0.25) is 5.91 Å². The van der Waals surface area contributed by atoms with Gasteiger partial charge in [-0.25, -0.2) is 0 Å². The lowest BCUT2D eigenvalue weighted by Crippen LogP contribution is -2.61. The first-order valence-electron chi connectivity index (χ1n) is 6.97. The van der Waals surface area contributed by atoms with Crippen molar-refractivity contribution in [2.24, 2.45) is 5.41 Å². The van der Waals surface area contributed by atoms with E-state index >= 15 is 0 Å². The zero-order valence-electron chi connectivity index (χ0n) is 12.1. The maximum absolute atomic E-state index is 12.5. The zero-order valence-corrected chi connectivity index (χ0v) is 12.1. The number of anilines is 1. The molecular weight excluding hydrogens is 246 g/mol. The fourth-order valence-corrected chi connectivity index (χ4v) is 3.08. The Morgan fingerprint density at radius 3 is 2.20 bits per heavy atom. The van der Waals surface area contributed by atoms with Crippen LogP contribution in [0.2, 0.25) is 0 Å². The summed E-state index contributed by atoms with van der Waals surface area (Å²) < 4.78 is 0. The van der Waals surface area contributed by atoms with E-state index in [1.165, 1.54) is 5.56 Å². The second kappa shape index (κ2) is 4.48. The lowest BCUT2D eigenvalue weighted by Gasteiger charge is -2.53. The number of hydrogen-bond acceptors (Lipinski definition) is 1. The van der Waals surface area contributed by atoms with Gasteiger partial charge in [-0.15, -0.1) is 0 Å². The maximum atomic E-state index is 12.5. The summed E-state index contributed by atoms with van der Waals surface area (Å²) in [6.45, 7) is 6.11. The van der Waals surface area contributed by atoms with Crippen LogP contribution in [0.1, 0.15) is 31.0 Å². The fraction of sp³-hybridized carbons (Fsp3) is 0.278. The van der Waals surface area contributed by atoms with Gasteiger partial charge in [0, 0.05) is 5.69 Å². The molecule has 0 bridgehead atoms. The van der Waals surface area contributed by atoms with Crippen LogP contribution in [0.4, 0.5) is 5.69 Å². The highest BCUT2D eigenvalue weighted by atomic mass is 16.2. The molecule has 1 fully saturated rings. The molecule has 0 radical (unpaired) electrons. The number of aryl methyl sites for hydroxylation is 1. The van der Waals surface area contributed by atoms with Crippen molar-refractivity contribution in [3.05, 3.63) is 65.7 Å². The number of para-hydroxylation sites is 1. The van der Waals surface area contributed by atoms with Crippen molar-refractivity contribution < 1.29 is 4.79 Å². The summed E-state index contributed by atoms with van der Waals surface area (Å²) in [6, 6.07) is 18.5. The van der Waals surface area contributed by atoms with Crippen molar-refractivity contribution in [1.82, 2.24) is 0 Å². The highest BCUT2D eigenvalue weighted by Gasteiger charge is 2.55. The van der Waals surface area contributed by atoms with Crippen LogP contribution in [0, 0.1) is 12.3 Å². The Balaban J connectivity index is 2.07. The molecule has 1 heterocycles. The van der Waals surface area contributed by atoms with Gasteiger partial charge in [0.25, 0.3) is 0 Å². The Bertz CT molecular complexity index is 645. The van der Waals surface area contributed by atoms with E-state index in [1.54, 1.807) is 0 Å². The van der Waals surface area contributed by atoms with E-state index in [-0.39, 0.29) is 17.4 Å². The molecule has 0 aromatic heterocycles. The molecule has 1 aliphatic heterocycles. The Morgan fingerprint density at radius 2 is 1.55 bits per heavy atom. The molecule has 2 nitrogen and oxygen atoms in total. The van der Waals surface area contributed by atoms with Crippen molar-refractivity contribution in [2.75, 3.05) is 4.90 Å². The number of carbonyl (C=O) groups is 1. The van der Waals surface area contributed by atoms with E-state index in [2.05, 4.69) is 25.1 Å². The summed E-state index contributed by atoms with van der Waals surface area (Å²) in [5.74, 6) is 0.195. The number of amides is 1. The molecule has 20 heavy (non-hydrogen) atoms. The molecule has 3 rings (SSSR count). The molecule has 1 aliphatic rings. The van der Waals surface area contributed by atoms with Crippen LogP contribution in [-0.4, -0.2) is 5.91 Å². The third-order valence-corrected chi connectivity index (χ3v) is 4.20. The number of carbonyl (C=O) groups excluding carboxylic acids is 1. The zero-order chi connectivity index (χ0) is 14.3. The topological polar surface area (TPSA) is 20.3 Å². The smallest absolute Gasteiger partial charge is 0.235 e. The van der Waals surface area contributed by atoms with Gasteiger partial charge in [0.15, 0.2) is 0 Å². The number of nitrogens with zero attached hydrogens (tertiary/aromatic N) is 1. The number of hydrogen-bond donors (Lipinski definition) is 0. The van der Waals surface area contributed by atoms with Crippen LogP contribution >= 0.6 is 0 Å². The molecule has 102 valence electrons. The first-order valence-corrected chi connectivity index (χ1v) is 6.97. The third kappa shape index (κ3) is 1.75. The highest BCUT2D eigenvalue weighted by molar-refractivity contribution is 6.06. The normalized spacial score (nSPS) is 20.6. The molecule has 0 N–H and O–H groups in total. The minimum atomic E-state index is -0.344. The molecular formula is C18H19NO. The maximum Gasteiger partial charge on any atom is 0.235 e. The van der Waals surface area contributed by atoms with Crippen LogP contribution in [0.3, 0.4) is 0 Å². The van der Waals surface area contributed by atoms with Crippen molar-refractivity contribution in [3.8, 4) is 0 Å². The van der Waals surface area contributed by atoms with Crippen LogP contribution in [0.5, 0.6) is 0 Å². The molecule has 2 heteroatoms. The van der Waals surface area contributed by atoms with Crippen molar-refractivity contribution in [2.45, 2.75) is 26.8 Å². The van der Waals surface area contributed by atoms with E-state index in [9.17, 15) is 4.79 Å². The average Bonchev–Trinajstić information content (AvgIpc) is 2.46. The van der Waals surface area contributed by atoms with E-state index in [4.69, 9.17) is 0 Å². The van der Waals surface area contributed by atoms with Gasteiger partial charge in [-0.2, -0.15) is 0 Å². The lowest BCUT2D eigenvalue weighted by molar-refractivity contribution is -0.137. The monoisotopic (exact) mass is 265 g/mol.